The number of rotatable bonds is 5. The lowest BCUT2D eigenvalue weighted by molar-refractivity contribution is -0.134. The maximum absolute atomic E-state index is 12.7. The summed E-state index contributed by atoms with van der Waals surface area (Å²) in [5.41, 5.74) is 3.67. The number of anilines is 1. The summed E-state index contributed by atoms with van der Waals surface area (Å²) in [5, 5.41) is 5.41. The molecule has 0 unspecified atom stereocenters. The average Bonchev–Trinajstić information content (AvgIpc) is 3.15. The van der Waals surface area contributed by atoms with E-state index in [9.17, 15) is 4.79 Å². The van der Waals surface area contributed by atoms with Crippen LogP contribution in [0.2, 0.25) is 5.02 Å². The Morgan fingerprint density at radius 3 is 2.72 bits per heavy atom. The van der Waals surface area contributed by atoms with Crippen LogP contribution >= 0.6 is 22.9 Å². The molecule has 5 rings (SSSR count). The fourth-order valence-corrected chi connectivity index (χ4v) is 6.46. The van der Waals surface area contributed by atoms with Gasteiger partial charge in [0.15, 0.2) is 5.13 Å². The number of piperidine rings is 2. The molecule has 1 N–H and O–H groups in total. The second-order valence-corrected chi connectivity index (χ2v) is 11.0. The molecule has 3 heterocycles. The van der Waals surface area contributed by atoms with Gasteiger partial charge in [0.05, 0.1) is 12.2 Å². The minimum Gasteiger partial charge on any atom is -0.361 e. The van der Waals surface area contributed by atoms with E-state index >= 15 is 0 Å². The lowest BCUT2D eigenvalue weighted by atomic mass is 9.97. The largest absolute Gasteiger partial charge is 0.361 e. The monoisotopic (exact) mass is 472 g/mol. The summed E-state index contributed by atoms with van der Waals surface area (Å²) in [6.07, 6.45) is 9.26. The molecule has 0 saturated carbocycles. The Balaban J connectivity index is 1.14. The fourth-order valence-electron chi connectivity index (χ4n) is 5.26. The van der Waals surface area contributed by atoms with E-state index in [1.807, 2.05) is 6.07 Å². The molecule has 1 aliphatic carbocycles. The zero-order valence-electron chi connectivity index (χ0n) is 18.7. The van der Waals surface area contributed by atoms with Crippen molar-refractivity contribution in [1.82, 2.24) is 14.8 Å². The van der Waals surface area contributed by atoms with Crippen molar-refractivity contribution in [2.75, 3.05) is 44.6 Å². The van der Waals surface area contributed by atoms with E-state index < -0.39 is 0 Å². The third-order valence-corrected chi connectivity index (χ3v) is 8.50. The number of nitrogens with one attached hydrogen (secondary N) is 1. The third kappa shape index (κ3) is 5.13. The van der Waals surface area contributed by atoms with Gasteiger partial charge in [0.2, 0.25) is 5.91 Å². The molecule has 1 aromatic heterocycles. The number of thiazole rings is 1. The number of fused-ring (bicyclic) bond motifs is 3. The summed E-state index contributed by atoms with van der Waals surface area (Å²) in [7, 11) is 0. The van der Waals surface area contributed by atoms with Crippen LogP contribution in [0.15, 0.2) is 18.2 Å². The average molecular weight is 473 g/mol. The first kappa shape index (κ1) is 22.2. The molecule has 1 amide bonds. The van der Waals surface area contributed by atoms with Gasteiger partial charge < -0.3 is 10.2 Å². The lowest BCUT2D eigenvalue weighted by Crippen LogP contribution is -2.45. The summed E-state index contributed by atoms with van der Waals surface area (Å²) in [5.74, 6) is 0.916. The van der Waals surface area contributed by atoms with Crippen LogP contribution in [-0.4, -0.2) is 60.0 Å². The molecule has 172 valence electrons. The second-order valence-electron chi connectivity index (χ2n) is 9.49. The number of aryl methyl sites for hydroxylation is 2. The maximum Gasteiger partial charge on any atom is 0.236 e. The first-order valence-electron chi connectivity index (χ1n) is 12.2. The van der Waals surface area contributed by atoms with E-state index in [1.165, 1.54) is 35.3 Å². The molecule has 32 heavy (non-hydrogen) atoms. The molecule has 2 saturated heterocycles. The van der Waals surface area contributed by atoms with Crippen LogP contribution in [0.25, 0.3) is 11.3 Å². The van der Waals surface area contributed by atoms with Crippen LogP contribution in [0.1, 0.15) is 49.0 Å². The zero-order chi connectivity index (χ0) is 21.9. The number of benzene rings is 1. The second kappa shape index (κ2) is 10.1. The van der Waals surface area contributed by atoms with Crippen LogP contribution in [0, 0.1) is 5.92 Å². The van der Waals surface area contributed by atoms with Crippen molar-refractivity contribution >= 4 is 34.0 Å². The number of carbonyl (C=O) groups excluding carboxylic acids is 1. The maximum atomic E-state index is 12.7. The van der Waals surface area contributed by atoms with Gasteiger partial charge in [-0.25, -0.2) is 4.98 Å². The number of carbonyl (C=O) groups is 1. The van der Waals surface area contributed by atoms with Gasteiger partial charge in [-0.2, -0.15) is 0 Å². The number of aromatic nitrogens is 1. The molecule has 0 bridgehead atoms. The molecule has 5 nitrogen and oxygen atoms in total. The van der Waals surface area contributed by atoms with Crippen LogP contribution < -0.4 is 5.32 Å². The SMILES string of the molecule is O=C(CN1CCCCC1)N1CCC(CNc2nc3c(s2)CCCc2ccc(Cl)cc2-3)CC1. The predicted molar refractivity (Wildman–Crippen MR) is 133 cm³/mol. The first-order chi connectivity index (χ1) is 15.7. The van der Waals surface area contributed by atoms with Gasteiger partial charge in [-0.1, -0.05) is 24.1 Å². The molecule has 0 spiro atoms. The fraction of sp³-hybridized carbons (Fsp3) is 0.600. The normalized spacial score (nSPS) is 19.8. The van der Waals surface area contributed by atoms with E-state index in [0.717, 1.165) is 80.7 Å². The quantitative estimate of drug-likeness (QED) is 0.658. The Morgan fingerprint density at radius 1 is 1.09 bits per heavy atom. The van der Waals surface area contributed by atoms with Crippen LogP contribution in [-0.2, 0) is 17.6 Å². The molecule has 2 aliphatic heterocycles. The number of halogens is 1. The van der Waals surface area contributed by atoms with Gasteiger partial charge in [0.25, 0.3) is 0 Å². The van der Waals surface area contributed by atoms with Crippen LogP contribution in [0.4, 0.5) is 5.13 Å². The van der Waals surface area contributed by atoms with Crippen molar-refractivity contribution in [3.8, 4) is 11.3 Å². The summed E-state index contributed by atoms with van der Waals surface area (Å²) >= 11 is 8.08. The van der Waals surface area contributed by atoms with Crippen molar-refractivity contribution in [3.05, 3.63) is 33.7 Å². The Bertz CT molecular complexity index is 947. The minimum absolute atomic E-state index is 0.319. The van der Waals surface area contributed by atoms with Gasteiger partial charge >= 0.3 is 0 Å². The highest BCUT2D eigenvalue weighted by Crippen LogP contribution is 2.38. The van der Waals surface area contributed by atoms with Crippen molar-refractivity contribution in [2.45, 2.75) is 51.4 Å². The number of hydrogen-bond donors (Lipinski definition) is 1. The molecule has 0 radical (unpaired) electrons. The predicted octanol–water partition coefficient (Wildman–Crippen LogP) is 5.09. The lowest BCUT2D eigenvalue weighted by Gasteiger charge is -2.34. The molecule has 1 aromatic carbocycles. The Kier molecular flexibility index (Phi) is 7.00. The molecular weight excluding hydrogens is 440 g/mol. The number of hydrogen-bond acceptors (Lipinski definition) is 5. The van der Waals surface area contributed by atoms with E-state index in [0.29, 0.717) is 18.4 Å². The molecule has 2 aromatic rings. The van der Waals surface area contributed by atoms with Crippen molar-refractivity contribution < 1.29 is 4.79 Å². The molecule has 7 heteroatoms. The highest BCUT2D eigenvalue weighted by Gasteiger charge is 2.25. The number of nitrogens with zero attached hydrogens (tertiary/aromatic N) is 3. The van der Waals surface area contributed by atoms with Crippen molar-refractivity contribution in [2.24, 2.45) is 5.92 Å². The highest BCUT2D eigenvalue weighted by molar-refractivity contribution is 7.16. The molecule has 0 atom stereocenters. The topological polar surface area (TPSA) is 48.5 Å². The highest BCUT2D eigenvalue weighted by atomic mass is 35.5. The van der Waals surface area contributed by atoms with Gasteiger partial charge in [-0.05, 0) is 81.6 Å². The number of likely N-dealkylation sites (tertiary alicyclic amines) is 2. The number of amides is 1. The first-order valence-corrected chi connectivity index (χ1v) is 13.4. The van der Waals surface area contributed by atoms with E-state index in [-0.39, 0.29) is 0 Å². The van der Waals surface area contributed by atoms with Crippen LogP contribution in [0.5, 0.6) is 0 Å². The summed E-state index contributed by atoms with van der Waals surface area (Å²) in [6, 6.07) is 6.21. The van der Waals surface area contributed by atoms with E-state index in [4.69, 9.17) is 16.6 Å². The summed E-state index contributed by atoms with van der Waals surface area (Å²) in [6.45, 7) is 5.49. The molecule has 3 aliphatic rings. The molecule has 2 fully saturated rings. The van der Waals surface area contributed by atoms with Gasteiger partial charge in [0.1, 0.15) is 0 Å². The van der Waals surface area contributed by atoms with Gasteiger partial charge in [-0.3, -0.25) is 9.69 Å². The van der Waals surface area contributed by atoms with Crippen molar-refractivity contribution in [3.63, 3.8) is 0 Å². The summed E-state index contributed by atoms with van der Waals surface area (Å²) in [4.78, 5) is 23.4. The van der Waals surface area contributed by atoms with E-state index in [2.05, 4.69) is 27.2 Å². The Morgan fingerprint density at radius 2 is 1.91 bits per heavy atom. The zero-order valence-corrected chi connectivity index (χ0v) is 20.3. The minimum atomic E-state index is 0.319. The van der Waals surface area contributed by atoms with Gasteiger partial charge in [-0.15, -0.1) is 11.3 Å². The van der Waals surface area contributed by atoms with Crippen LogP contribution in [0.3, 0.4) is 0 Å². The standard InChI is InChI=1S/C25H33ClN4OS/c26-20-8-7-19-5-4-6-22-24(21(19)15-20)28-25(32-22)27-16-18-9-13-30(14-10-18)23(31)17-29-11-2-1-3-12-29/h7-8,15,18H,1-6,9-14,16-17H2,(H,27,28). The van der Waals surface area contributed by atoms with Gasteiger partial charge in [0, 0.05) is 35.1 Å². The van der Waals surface area contributed by atoms with Crippen molar-refractivity contribution in [1.29, 1.82) is 0 Å². The van der Waals surface area contributed by atoms with E-state index in [1.54, 1.807) is 11.3 Å². The third-order valence-electron chi connectivity index (χ3n) is 7.19. The Labute approximate surface area is 200 Å². The smallest absolute Gasteiger partial charge is 0.236 e. The summed E-state index contributed by atoms with van der Waals surface area (Å²) < 4.78 is 0. The Hall–Kier alpha value is -1.63. The molecular formula is C25H33ClN4OS.